The first-order chi connectivity index (χ1) is 20.3. The fourth-order valence-electron chi connectivity index (χ4n) is 4.02. The zero-order valence-electron chi connectivity index (χ0n) is 22.3. The van der Waals surface area contributed by atoms with Crippen LogP contribution >= 0.6 is 11.6 Å². The van der Waals surface area contributed by atoms with Gasteiger partial charge < -0.3 is 14.6 Å². The summed E-state index contributed by atoms with van der Waals surface area (Å²) in [5.74, 6) is -1.02. The molecule has 0 bridgehead atoms. The number of halogens is 5. The van der Waals surface area contributed by atoms with Crippen molar-refractivity contribution in [2.45, 2.75) is 11.1 Å². The lowest BCUT2D eigenvalue weighted by Crippen LogP contribution is -2.39. The molecule has 3 aromatic heterocycles. The number of alkyl halides is 3. The number of nitrogens with one attached hydrogen (secondary N) is 1. The zero-order valence-corrected chi connectivity index (χ0v) is 23.9. The number of aliphatic hydroxyl groups excluding tert-OH is 1. The van der Waals surface area contributed by atoms with E-state index in [9.17, 15) is 30.8 Å². The molecular formula is C26H24ClF4N5O6S. The summed E-state index contributed by atoms with van der Waals surface area (Å²) >= 11 is 5.94. The van der Waals surface area contributed by atoms with Gasteiger partial charge in [-0.25, -0.2) is 22.8 Å². The number of ether oxygens (including phenoxy) is 2. The van der Waals surface area contributed by atoms with Crippen LogP contribution in [-0.4, -0.2) is 78.9 Å². The summed E-state index contributed by atoms with van der Waals surface area (Å²) in [5, 5.41) is 8.69. The largest absolute Gasteiger partial charge is 0.485 e. The van der Waals surface area contributed by atoms with Gasteiger partial charge in [0, 0.05) is 36.6 Å². The second-order valence-corrected chi connectivity index (χ2v) is 11.1. The van der Waals surface area contributed by atoms with E-state index in [2.05, 4.69) is 14.7 Å². The quantitative estimate of drug-likeness (QED) is 0.222. The molecule has 0 aliphatic rings. The smallest absolute Gasteiger partial charge is 0.401 e. The molecular weight excluding hydrogens is 622 g/mol. The standard InChI is InChI=1S/C26H24ClF4N5O6S/c1-41-24-20(34-43(39,40)22-4-3-18(28)11-19(22)27)10-17(12-33-24)16-2-5-23-32-13-21(25(38)36(23)14-16)42-9-7-35(6-8-37)15-26(29,30)31/h2-5,10-14,34,37H,6-9,15H2,1H3. The molecule has 0 fully saturated rings. The minimum Gasteiger partial charge on any atom is -0.485 e. The average molecular weight is 646 g/mol. The molecule has 3 heterocycles. The van der Waals surface area contributed by atoms with Crippen LogP contribution in [0.25, 0.3) is 16.8 Å². The Balaban J connectivity index is 1.61. The van der Waals surface area contributed by atoms with Crippen LogP contribution in [0.5, 0.6) is 11.6 Å². The maximum absolute atomic E-state index is 13.4. The van der Waals surface area contributed by atoms with Crippen molar-refractivity contribution in [2.75, 3.05) is 44.7 Å². The number of pyridine rings is 2. The summed E-state index contributed by atoms with van der Waals surface area (Å²) in [4.78, 5) is 22.0. The molecule has 0 aliphatic heterocycles. The predicted molar refractivity (Wildman–Crippen MR) is 149 cm³/mol. The number of hydrogen-bond acceptors (Lipinski definition) is 9. The van der Waals surface area contributed by atoms with Crippen molar-refractivity contribution in [3.05, 3.63) is 76.2 Å². The summed E-state index contributed by atoms with van der Waals surface area (Å²) in [7, 11) is -3.02. The van der Waals surface area contributed by atoms with Crippen LogP contribution in [-0.2, 0) is 10.0 Å². The number of aliphatic hydroxyl groups is 1. The average Bonchev–Trinajstić information content (AvgIpc) is 2.93. The van der Waals surface area contributed by atoms with E-state index < -0.39 is 40.7 Å². The van der Waals surface area contributed by atoms with Gasteiger partial charge in [-0.1, -0.05) is 11.6 Å². The SMILES string of the molecule is COc1ncc(-c2ccc3ncc(OCCN(CCO)CC(F)(F)F)c(=O)n3c2)cc1NS(=O)(=O)c1ccc(F)cc1Cl. The highest BCUT2D eigenvalue weighted by Gasteiger charge is 2.30. The van der Waals surface area contributed by atoms with Crippen LogP contribution < -0.4 is 19.8 Å². The molecule has 2 N–H and O–H groups in total. The van der Waals surface area contributed by atoms with Crippen LogP contribution in [0.3, 0.4) is 0 Å². The monoisotopic (exact) mass is 645 g/mol. The van der Waals surface area contributed by atoms with Crippen molar-refractivity contribution < 1.29 is 40.6 Å². The topological polar surface area (TPSA) is 135 Å². The molecule has 11 nitrogen and oxygen atoms in total. The first kappa shape index (κ1) is 31.9. The first-order valence-electron chi connectivity index (χ1n) is 12.4. The lowest BCUT2D eigenvalue weighted by Gasteiger charge is -2.22. The molecule has 17 heteroatoms. The van der Waals surface area contributed by atoms with E-state index in [4.69, 9.17) is 26.2 Å². The number of nitrogens with zero attached hydrogens (tertiary/aromatic N) is 4. The van der Waals surface area contributed by atoms with E-state index in [1.165, 1.54) is 31.6 Å². The van der Waals surface area contributed by atoms with Crippen molar-refractivity contribution in [3.63, 3.8) is 0 Å². The van der Waals surface area contributed by atoms with E-state index in [-0.39, 0.29) is 52.6 Å². The van der Waals surface area contributed by atoms with Crippen molar-refractivity contribution in [3.8, 4) is 22.8 Å². The molecule has 4 rings (SSSR count). The van der Waals surface area contributed by atoms with E-state index in [1.54, 1.807) is 6.07 Å². The number of methoxy groups -OCH3 is 1. The number of aromatic nitrogens is 3. The molecule has 0 saturated carbocycles. The maximum Gasteiger partial charge on any atom is 0.401 e. The van der Waals surface area contributed by atoms with E-state index in [0.717, 1.165) is 33.7 Å². The third-order valence-corrected chi connectivity index (χ3v) is 7.81. The lowest BCUT2D eigenvalue weighted by molar-refractivity contribution is -0.147. The van der Waals surface area contributed by atoms with Crippen LogP contribution in [0.1, 0.15) is 0 Å². The van der Waals surface area contributed by atoms with Gasteiger partial charge in [-0.3, -0.25) is 18.8 Å². The van der Waals surface area contributed by atoms with Gasteiger partial charge >= 0.3 is 6.18 Å². The van der Waals surface area contributed by atoms with Gasteiger partial charge in [-0.2, -0.15) is 13.2 Å². The summed E-state index contributed by atoms with van der Waals surface area (Å²) in [5.41, 5.74) is 0.270. The Morgan fingerprint density at radius 3 is 2.53 bits per heavy atom. The number of benzene rings is 1. The summed E-state index contributed by atoms with van der Waals surface area (Å²) in [6, 6.07) is 7.32. The maximum atomic E-state index is 13.4. The number of sulfonamides is 1. The van der Waals surface area contributed by atoms with E-state index in [1.807, 2.05) is 0 Å². The third-order valence-electron chi connectivity index (χ3n) is 5.96. The molecule has 0 aliphatic carbocycles. The van der Waals surface area contributed by atoms with Crippen LogP contribution in [0, 0.1) is 5.82 Å². The van der Waals surface area contributed by atoms with Crippen LogP contribution in [0.15, 0.2) is 64.7 Å². The van der Waals surface area contributed by atoms with Gasteiger partial charge in [0.05, 0.1) is 31.5 Å². The molecule has 43 heavy (non-hydrogen) atoms. The Hall–Kier alpha value is -3.99. The molecule has 0 saturated heterocycles. The van der Waals surface area contributed by atoms with Gasteiger partial charge in [0.1, 0.15) is 28.7 Å². The van der Waals surface area contributed by atoms with Crippen molar-refractivity contribution in [2.24, 2.45) is 0 Å². The number of rotatable bonds is 12. The second-order valence-electron chi connectivity index (χ2n) is 9.00. The van der Waals surface area contributed by atoms with Crippen LogP contribution in [0.2, 0.25) is 5.02 Å². The number of fused-ring (bicyclic) bond motifs is 1. The number of hydrogen-bond donors (Lipinski definition) is 2. The fraction of sp³-hybridized carbons (Fsp3) is 0.269. The zero-order chi connectivity index (χ0) is 31.4. The summed E-state index contributed by atoms with van der Waals surface area (Å²) < 4.78 is 91.8. The normalized spacial score (nSPS) is 12.1. The molecule has 0 atom stereocenters. The third kappa shape index (κ3) is 7.90. The lowest BCUT2D eigenvalue weighted by atomic mass is 10.1. The highest BCUT2D eigenvalue weighted by Crippen LogP contribution is 2.32. The molecule has 230 valence electrons. The van der Waals surface area contributed by atoms with Crippen molar-refractivity contribution >= 4 is 33.0 Å². The second kappa shape index (κ2) is 13.1. The van der Waals surface area contributed by atoms with Gasteiger partial charge in [-0.05, 0) is 36.4 Å². The van der Waals surface area contributed by atoms with Gasteiger partial charge in [0.25, 0.3) is 15.6 Å². The van der Waals surface area contributed by atoms with Gasteiger partial charge in [-0.15, -0.1) is 0 Å². The predicted octanol–water partition coefficient (Wildman–Crippen LogP) is 3.59. The first-order valence-corrected chi connectivity index (χ1v) is 14.2. The van der Waals surface area contributed by atoms with E-state index >= 15 is 0 Å². The fourth-order valence-corrected chi connectivity index (χ4v) is 5.60. The van der Waals surface area contributed by atoms with E-state index in [0.29, 0.717) is 11.1 Å². The molecule has 4 aromatic rings. The highest BCUT2D eigenvalue weighted by atomic mass is 35.5. The Morgan fingerprint density at radius 1 is 1.09 bits per heavy atom. The van der Waals surface area contributed by atoms with Gasteiger partial charge in [0.2, 0.25) is 11.6 Å². The van der Waals surface area contributed by atoms with Crippen molar-refractivity contribution in [1.29, 1.82) is 0 Å². The minimum atomic E-state index is -4.47. The Kier molecular flexibility index (Phi) is 9.74. The van der Waals surface area contributed by atoms with Crippen LogP contribution in [0.4, 0.5) is 23.2 Å². The number of anilines is 1. The Labute approximate surface area is 247 Å². The van der Waals surface area contributed by atoms with Gasteiger partial charge in [0.15, 0.2) is 0 Å². The molecule has 0 radical (unpaired) electrons. The minimum absolute atomic E-state index is 0.0747. The Morgan fingerprint density at radius 2 is 1.86 bits per heavy atom. The summed E-state index contributed by atoms with van der Waals surface area (Å²) in [6.45, 7) is -2.45. The molecule has 0 unspecified atom stereocenters. The molecule has 0 spiro atoms. The summed E-state index contributed by atoms with van der Waals surface area (Å²) in [6.07, 6.45) is -0.546. The van der Waals surface area contributed by atoms with Crippen molar-refractivity contribution in [1.82, 2.24) is 19.3 Å². The Bertz CT molecular complexity index is 1790. The molecule has 1 aromatic carbocycles. The highest BCUT2D eigenvalue weighted by molar-refractivity contribution is 7.92. The molecule has 0 amide bonds.